The van der Waals surface area contributed by atoms with E-state index in [0.29, 0.717) is 51.3 Å². The lowest BCUT2D eigenvalue weighted by atomic mass is 9.84. The number of sulfonamides is 1. The van der Waals surface area contributed by atoms with Crippen LogP contribution in [0.1, 0.15) is 37.0 Å². The zero-order valence-corrected chi connectivity index (χ0v) is 20.7. The van der Waals surface area contributed by atoms with E-state index in [-0.39, 0.29) is 11.5 Å². The maximum Gasteiger partial charge on any atom is 0.416 e. The summed E-state index contributed by atoms with van der Waals surface area (Å²) in [6.45, 7) is 7.17. The molecule has 0 bridgehead atoms. The number of hydrogen-bond acceptors (Lipinski definition) is 4. The molecule has 0 spiro atoms. The third kappa shape index (κ3) is 7.53. The Hall–Kier alpha value is -1.94. The predicted molar refractivity (Wildman–Crippen MR) is 127 cm³/mol. The van der Waals surface area contributed by atoms with Crippen LogP contribution >= 0.6 is 0 Å². The van der Waals surface area contributed by atoms with Crippen molar-refractivity contribution in [1.29, 1.82) is 0 Å². The van der Waals surface area contributed by atoms with Crippen LogP contribution in [0, 0.1) is 0 Å². The lowest BCUT2D eigenvalue weighted by molar-refractivity contribution is -0.137. The largest absolute Gasteiger partial charge is 0.416 e. The van der Waals surface area contributed by atoms with Crippen LogP contribution in [-0.4, -0.2) is 62.8 Å². The van der Waals surface area contributed by atoms with Gasteiger partial charge in [-0.25, -0.2) is 8.42 Å². The van der Waals surface area contributed by atoms with Gasteiger partial charge in [0.1, 0.15) is 0 Å². The number of halogens is 3. The molecule has 0 N–H and O–H groups in total. The molecule has 0 aliphatic carbocycles. The third-order valence-electron chi connectivity index (χ3n) is 6.09. The van der Waals surface area contributed by atoms with Crippen molar-refractivity contribution in [2.45, 2.75) is 44.5 Å². The maximum absolute atomic E-state index is 13.2. The highest BCUT2D eigenvalue weighted by Crippen LogP contribution is 2.30. The fourth-order valence-electron chi connectivity index (χ4n) is 4.17. The quantitative estimate of drug-likeness (QED) is 0.427. The van der Waals surface area contributed by atoms with E-state index in [0.717, 1.165) is 11.6 Å². The fraction of sp³-hybridized carbons (Fsp3) is 0.520. The molecule has 0 radical (unpaired) electrons. The van der Waals surface area contributed by atoms with E-state index in [9.17, 15) is 21.6 Å². The van der Waals surface area contributed by atoms with Crippen LogP contribution in [0.25, 0.3) is 0 Å². The molecule has 1 heterocycles. The Morgan fingerprint density at radius 2 is 1.68 bits per heavy atom. The van der Waals surface area contributed by atoms with Crippen molar-refractivity contribution in [3.8, 4) is 0 Å². The third-order valence-corrected chi connectivity index (χ3v) is 7.33. The van der Waals surface area contributed by atoms with E-state index in [4.69, 9.17) is 4.74 Å². The molecule has 9 heteroatoms. The molecular formula is C25H33F3N2O3S. The van der Waals surface area contributed by atoms with Crippen LogP contribution in [0.2, 0.25) is 0 Å². The Morgan fingerprint density at radius 3 is 2.29 bits per heavy atom. The Balaban J connectivity index is 1.62. The van der Waals surface area contributed by atoms with Crippen LogP contribution in [-0.2, 0) is 32.9 Å². The summed E-state index contributed by atoms with van der Waals surface area (Å²) >= 11 is 0. The minimum Gasteiger partial charge on any atom is -0.375 e. The number of rotatable bonds is 11. The van der Waals surface area contributed by atoms with Crippen LogP contribution in [0.3, 0.4) is 0 Å². The van der Waals surface area contributed by atoms with Gasteiger partial charge in [-0.05, 0) is 23.6 Å². The molecule has 1 saturated heterocycles. The summed E-state index contributed by atoms with van der Waals surface area (Å²) in [4.78, 5) is 2.16. The first-order valence-electron chi connectivity index (χ1n) is 11.4. The van der Waals surface area contributed by atoms with Gasteiger partial charge in [0.2, 0.25) is 10.0 Å². The normalized spacial score (nSPS) is 16.1. The van der Waals surface area contributed by atoms with Crippen LogP contribution in [0.15, 0.2) is 54.6 Å². The summed E-state index contributed by atoms with van der Waals surface area (Å²) in [5, 5.41) is 0. The summed E-state index contributed by atoms with van der Waals surface area (Å²) in [5.41, 5.74) is 0.933. The average Bonchev–Trinajstić information content (AvgIpc) is 2.71. The van der Waals surface area contributed by atoms with Gasteiger partial charge in [-0.3, -0.25) is 4.90 Å². The molecule has 1 fully saturated rings. The molecule has 2 aromatic carbocycles. The van der Waals surface area contributed by atoms with Gasteiger partial charge in [0.25, 0.3) is 0 Å². The zero-order valence-electron chi connectivity index (χ0n) is 19.9. The average molecular weight is 499 g/mol. The molecule has 1 aliphatic rings. The first kappa shape index (κ1) is 26.7. The summed E-state index contributed by atoms with van der Waals surface area (Å²) in [6, 6.07) is 15.5. The van der Waals surface area contributed by atoms with Gasteiger partial charge in [0.15, 0.2) is 0 Å². The summed E-state index contributed by atoms with van der Waals surface area (Å²) in [7, 11) is -3.17. The number of ether oxygens (including phenoxy) is 1. The molecule has 34 heavy (non-hydrogen) atoms. The standard InChI is InChI=1S/C25H33F3N2O3S/c1-24(2,21-10-5-4-6-11-21)19-29(16-20-9-7-12-22(15-20)25(26,27)28)13-8-14-33-23-17-30(18-23)34(3,31)32/h4-7,9-12,15,23H,8,13-14,16-19H2,1-3H3. The summed E-state index contributed by atoms with van der Waals surface area (Å²) in [6.07, 6.45) is -2.60. The minimum absolute atomic E-state index is 0.104. The van der Waals surface area contributed by atoms with Gasteiger partial charge in [0.05, 0.1) is 17.9 Å². The number of alkyl halides is 3. The van der Waals surface area contributed by atoms with Gasteiger partial charge in [-0.15, -0.1) is 0 Å². The van der Waals surface area contributed by atoms with Gasteiger partial charge in [-0.2, -0.15) is 17.5 Å². The van der Waals surface area contributed by atoms with Crippen LogP contribution in [0.4, 0.5) is 13.2 Å². The van der Waals surface area contributed by atoms with E-state index < -0.39 is 21.8 Å². The molecule has 188 valence electrons. The van der Waals surface area contributed by atoms with Crippen molar-refractivity contribution >= 4 is 10.0 Å². The molecule has 0 aromatic heterocycles. The second kappa shape index (κ2) is 10.8. The molecular weight excluding hydrogens is 465 g/mol. The molecule has 0 unspecified atom stereocenters. The smallest absolute Gasteiger partial charge is 0.375 e. The first-order chi connectivity index (χ1) is 15.8. The van der Waals surface area contributed by atoms with Crippen molar-refractivity contribution in [3.63, 3.8) is 0 Å². The van der Waals surface area contributed by atoms with Crippen LogP contribution < -0.4 is 0 Å². The number of nitrogens with zero attached hydrogens (tertiary/aromatic N) is 2. The summed E-state index contributed by atoms with van der Waals surface area (Å²) < 4.78 is 69.7. The topological polar surface area (TPSA) is 49.9 Å². The van der Waals surface area contributed by atoms with Gasteiger partial charge < -0.3 is 4.74 Å². The molecule has 5 nitrogen and oxygen atoms in total. The highest BCUT2D eigenvalue weighted by Gasteiger charge is 2.34. The lowest BCUT2D eigenvalue weighted by Crippen LogP contribution is -2.54. The Labute approximate surface area is 200 Å². The molecule has 1 aliphatic heterocycles. The van der Waals surface area contributed by atoms with Crippen molar-refractivity contribution in [3.05, 3.63) is 71.3 Å². The van der Waals surface area contributed by atoms with Gasteiger partial charge in [-0.1, -0.05) is 62.4 Å². The molecule has 0 amide bonds. The molecule has 0 atom stereocenters. The SMILES string of the molecule is CC(C)(CN(CCCOC1CN(S(C)(=O)=O)C1)Cc1cccc(C(F)(F)F)c1)c1ccccc1. The Kier molecular flexibility index (Phi) is 8.44. The highest BCUT2D eigenvalue weighted by atomic mass is 32.2. The number of hydrogen-bond donors (Lipinski definition) is 0. The summed E-state index contributed by atoms with van der Waals surface area (Å²) in [5.74, 6) is 0. The van der Waals surface area contributed by atoms with Gasteiger partial charge >= 0.3 is 6.18 Å². The molecule has 3 rings (SSSR count). The van der Waals surface area contributed by atoms with E-state index in [2.05, 4.69) is 30.9 Å². The fourth-order valence-corrected chi connectivity index (χ4v) is 5.05. The van der Waals surface area contributed by atoms with Gasteiger partial charge in [0, 0.05) is 44.7 Å². The monoisotopic (exact) mass is 498 g/mol. The van der Waals surface area contributed by atoms with E-state index in [1.807, 2.05) is 18.2 Å². The van der Waals surface area contributed by atoms with Crippen molar-refractivity contribution in [1.82, 2.24) is 9.21 Å². The Morgan fingerprint density at radius 1 is 1.03 bits per heavy atom. The van der Waals surface area contributed by atoms with E-state index in [1.54, 1.807) is 6.07 Å². The van der Waals surface area contributed by atoms with Crippen molar-refractivity contribution < 1.29 is 26.3 Å². The van der Waals surface area contributed by atoms with Crippen molar-refractivity contribution in [2.75, 3.05) is 39.0 Å². The number of benzene rings is 2. The second-order valence-corrected chi connectivity index (χ2v) is 11.6. The lowest BCUT2D eigenvalue weighted by Gasteiger charge is -2.37. The maximum atomic E-state index is 13.2. The molecule has 0 saturated carbocycles. The highest BCUT2D eigenvalue weighted by molar-refractivity contribution is 7.88. The first-order valence-corrected chi connectivity index (χ1v) is 13.2. The Bertz CT molecular complexity index is 1040. The van der Waals surface area contributed by atoms with E-state index in [1.165, 1.54) is 22.7 Å². The van der Waals surface area contributed by atoms with Crippen molar-refractivity contribution in [2.24, 2.45) is 0 Å². The zero-order chi connectivity index (χ0) is 25.0. The predicted octanol–water partition coefficient (Wildman–Crippen LogP) is 4.54. The minimum atomic E-state index is -4.37. The van der Waals surface area contributed by atoms with E-state index >= 15 is 0 Å². The second-order valence-electron chi connectivity index (χ2n) is 9.59. The van der Waals surface area contributed by atoms with Crippen LogP contribution in [0.5, 0.6) is 0 Å². The molecule has 2 aromatic rings.